The van der Waals surface area contributed by atoms with E-state index >= 15 is 0 Å². The standard InChI is InChI=1S/C8H18N2OS/c1-6(4-9)8(11)10-7(2)5-12-3/h6-7H,4-5,9H2,1-3H3,(H,10,11). The first-order chi connectivity index (χ1) is 5.61. The highest BCUT2D eigenvalue weighted by molar-refractivity contribution is 7.98. The quantitative estimate of drug-likeness (QED) is 0.662. The zero-order valence-electron chi connectivity index (χ0n) is 7.96. The van der Waals surface area contributed by atoms with Crippen molar-refractivity contribution in [3.05, 3.63) is 0 Å². The molecular formula is C8H18N2OS. The number of hydrogen-bond acceptors (Lipinski definition) is 3. The van der Waals surface area contributed by atoms with Crippen LogP contribution in [-0.2, 0) is 4.79 Å². The van der Waals surface area contributed by atoms with Gasteiger partial charge in [0.1, 0.15) is 0 Å². The Bertz CT molecular complexity index is 141. The van der Waals surface area contributed by atoms with Gasteiger partial charge >= 0.3 is 0 Å². The summed E-state index contributed by atoms with van der Waals surface area (Å²) in [5, 5.41) is 2.89. The monoisotopic (exact) mass is 190 g/mol. The number of hydrogen-bond donors (Lipinski definition) is 2. The fourth-order valence-corrected chi connectivity index (χ4v) is 1.37. The summed E-state index contributed by atoms with van der Waals surface area (Å²) < 4.78 is 0. The van der Waals surface area contributed by atoms with Crippen LogP contribution in [0.5, 0.6) is 0 Å². The molecule has 0 bridgehead atoms. The number of carbonyl (C=O) groups excluding carboxylic acids is 1. The van der Waals surface area contributed by atoms with Crippen LogP contribution in [0.2, 0.25) is 0 Å². The molecule has 2 atom stereocenters. The Morgan fingerprint density at radius 2 is 2.17 bits per heavy atom. The lowest BCUT2D eigenvalue weighted by Crippen LogP contribution is -2.39. The van der Waals surface area contributed by atoms with Gasteiger partial charge in [-0.05, 0) is 13.2 Å². The van der Waals surface area contributed by atoms with E-state index in [0.717, 1.165) is 5.75 Å². The zero-order valence-corrected chi connectivity index (χ0v) is 8.78. The Balaban J connectivity index is 3.67. The molecule has 0 spiro atoms. The average Bonchev–Trinajstić information content (AvgIpc) is 2.03. The van der Waals surface area contributed by atoms with Gasteiger partial charge in [-0.15, -0.1) is 0 Å². The van der Waals surface area contributed by atoms with Crippen molar-refractivity contribution < 1.29 is 4.79 Å². The van der Waals surface area contributed by atoms with Gasteiger partial charge < -0.3 is 11.1 Å². The molecule has 2 unspecified atom stereocenters. The molecule has 0 aliphatic heterocycles. The molecule has 0 aromatic carbocycles. The molecule has 0 aromatic heterocycles. The second-order valence-electron chi connectivity index (χ2n) is 3.00. The molecule has 4 heteroatoms. The largest absolute Gasteiger partial charge is 0.353 e. The molecular weight excluding hydrogens is 172 g/mol. The summed E-state index contributed by atoms with van der Waals surface area (Å²) >= 11 is 1.73. The van der Waals surface area contributed by atoms with Crippen LogP contribution in [0.15, 0.2) is 0 Å². The molecule has 12 heavy (non-hydrogen) atoms. The minimum absolute atomic E-state index is 0.0547. The summed E-state index contributed by atoms with van der Waals surface area (Å²) in [6.45, 7) is 4.25. The Hall–Kier alpha value is -0.220. The molecule has 0 aromatic rings. The number of nitrogens with one attached hydrogen (secondary N) is 1. The minimum Gasteiger partial charge on any atom is -0.353 e. The van der Waals surface area contributed by atoms with Crippen molar-refractivity contribution in [2.45, 2.75) is 19.9 Å². The third-order valence-corrected chi connectivity index (χ3v) is 2.44. The number of thioether (sulfide) groups is 1. The van der Waals surface area contributed by atoms with Crippen LogP contribution >= 0.6 is 11.8 Å². The molecule has 3 nitrogen and oxygen atoms in total. The Morgan fingerprint density at radius 1 is 1.58 bits per heavy atom. The zero-order chi connectivity index (χ0) is 9.56. The lowest BCUT2D eigenvalue weighted by atomic mass is 10.1. The maximum Gasteiger partial charge on any atom is 0.224 e. The summed E-state index contributed by atoms with van der Waals surface area (Å²) in [6.07, 6.45) is 2.02. The SMILES string of the molecule is CSCC(C)NC(=O)C(C)CN. The van der Waals surface area contributed by atoms with Crippen molar-refractivity contribution in [2.75, 3.05) is 18.6 Å². The molecule has 0 heterocycles. The predicted octanol–water partition coefficient (Wildman–Crippen LogP) is 0.449. The average molecular weight is 190 g/mol. The van der Waals surface area contributed by atoms with Gasteiger partial charge in [-0.2, -0.15) is 11.8 Å². The first-order valence-corrected chi connectivity index (χ1v) is 5.50. The highest BCUT2D eigenvalue weighted by Gasteiger charge is 2.12. The number of carbonyl (C=O) groups is 1. The summed E-state index contributed by atoms with van der Waals surface area (Å²) in [5.74, 6) is 0.927. The molecule has 0 fully saturated rings. The van der Waals surface area contributed by atoms with E-state index in [1.165, 1.54) is 0 Å². The first kappa shape index (κ1) is 11.8. The van der Waals surface area contributed by atoms with Gasteiger partial charge in [-0.25, -0.2) is 0 Å². The predicted molar refractivity (Wildman–Crippen MR) is 54.2 cm³/mol. The molecule has 3 N–H and O–H groups in total. The Morgan fingerprint density at radius 3 is 2.58 bits per heavy atom. The fraction of sp³-hybridized carbons (Fsp3) is 0.875. The second kappa shape index (κ2) is 6.31. The van der Waals surface area contributed by atoms with Crippen LogP contribution in [0, 0.1) is 5.92 Å². The van der Waals surface area contributed by atoms with E-state index in [-0.39, 0.29) is 17.9 Å². The van der Waals surface area contributed by atoms with E-state index in [0.29, 0.717) is 6.54 Å². The van der Waals surface area contributed by atoms with Gasteiger partial charge in [0.2, 0.25) is 5.91 Å². The van der Waals surface area contributed by atoms with Crippen LogP contribution in [0.1, 0.15) is 13.8 Å². The number of amides is 1. The fourth-order valence-electron chi connectivity index (χ4n) is 0.784. The van der Waals surface area contributed by atoms with Gasteiger partial charge in [0.05, 0.1) is 0 Å². The van der Waals surface area contributed by atoms with Crippen molar-refractivity contribution in [1.29, 1.82) is 0 Å². The van der Waals surface area contributed by atoms with E-state index in [1.54, 1.807) is 11.8 Å². The molecule has 0 saturated heterocycles. The summed E-state index contributed by atoms with van der Waals surface area (Å²) in [5.41, 5.74) is 5.36. The molecule has 72 valence electrons. The van der Waals surface area contributed by atoms with Crippen molar-refractivity contribution in [3.63, 3.8) is 0 Å². The lowest BCUT2D eigenvalue weighted by Gasteiger charge is -2.15. The minimum atomic E-state index is -0.0747. The summed E-state index contributed by atoms with van der Waals surface area (Å²) in [6, 6.07) is 0.237. The van der Waals surface area contributed by atoms with Gasteiger partial charge in [-0.3, -0.25) is 4.79 Å². The summed E-state index contributed by atoms with van der Waals surface area (Å²) in [7, 11) is 0. The molecule has 0 saturated carbocycles. The van der Waals surface area contributed by atoms with E-state index < -0.39 is 0 Å². The van der Waals surface area contributed by atoms with E-state index in [2.05, 4.69) is 5.32 Å². The van der Waals surface area contributed by atoms with Gasteiger partial charge in [0, 0.05) is 24.3 Å². The van der Waals surface area contributed by atoms with Gasteiger partial charge in [-0.1, -0.05) is 6.92 Å². The number of rotatable bonds is 5. The van der Waals surface area contributed by atoms with Crippen LogP contribution in [-0.4, -0.2) is 30.5 Å². The highest BCUT2D eigenvalue weighted by Crippen LogP contribution is 1.98. The normalized spacial score (nSPS) is 15.3. The van der Waals surface area contributed by atoms with Crippen molar-refractivity contribution in [2.24, 2.45) is 11.7 Å². The third-order valence-electron chi connectivity index (χ3n) is 1.61. The van der Waals surface area contributed by atoms with Gasteiger partial charge in [0.15, 0.2) is 0 Å². The first-order valence-electron chi connectivity index (χ1n) is 4.11. The molecule has 0 aliphatic rings. The van der Waals surface area contributed by atoms with E-state index in [1.807, 2.05) is 20.1 Å². The topological polar surface area (TPSA) is 55.1 Å². The van der Waals surface area contributed by atoms with Gasteiger partial charge in [0.25, 0.3) is 0 Å². The highest BCUT2D eigenvalue weighted by atomic mass is 32.2. The molecule has 0 rings (SSSR count). The van der Waals surface area contributed by atoms with Crippen molar-refractivity contribution in [3.8, 4) is 0 Å². The second-order valence-corrected chi connectivity index (χ2v) is 3.91. The maximum absolute atomic E-state index is 11.3. The Kier molecular flexibility index (Phi) is 6.20. The summed E-state index contributed by atoms with van der Waals surface area (Å²) in [4.78, 5) is 11.3. The van der Waals surface area contributed by atoms with Crippen LogP contribution in [0.25, 0.3) is 0 Å². The van der Waals surface area contributed by atoms with Crippen molar-refractivity contribution >= 4 is 17.7 Å². The third kappa shape index (κ3) is 4.62. The number of nitrogens with two attached hydrogens (primary N) is 1. The maximum atomic E-state index is 11.3. The van der Waals surface area contributed by atoms with E-state index in [4.69, 9.17) is 5.73 Å². The van der Waals surface area contributed by atoms with Crippen LogP contribution in [0.3, 0.4) is 0 Å². The molecule has 0 aliphatic carbocycles. The van der Waals surface area contributed by atoms with E-state index in [9.17, 15) is 4.79 Å². The molecule has 0 radical (unpaired) electrons. The van der Waals surface area contributed by atoms with Crippen LogP contribution in [0.4, 0.5) is 0 Å². The van der Waals surface area contributed by atoms with Crippen molar-refractivity contribution in [1.82, 2.24) is 5.32 Å². The smallest absolute Gasteiger partial charge is 0.224 e. The van der Waals surface area contributed by atoms with Crippen LogP contribution < -0.4 is 11.1 Å². The Labute approximate surface area is 78.5 Å². The lowest BCUT2D eigenvalue weighted by molar-refractivity contribution is -0.124. The molecule has 1 amide bonds.